The fraction of sp³-hybridized carbons (Fsp3) is 0.481. The van der Waals surface area contributed by atoms with Crippen LogP contribution < -0.4 is 14.2 Å². The largest absolute Gasteiger partial charge is 0.573 e. The molecular formula is C27H31F6NO8. The molecule has 2 rings (SSSR count). The third-order valence-corrected chi connectivity index (χ3v) is 5.40. The maximum Gasteiger partial charge on any atom is 0.573 e. The summed E-state index contributed by atoms with van der Waals surface area (Å²) in [7, 11) is 0. The van der Waals surface area contributed by atoms with Gasteiger partial charge in [-0.05, 0) is 43.2 Å². The van der Waals surface area contributed by atoms with Crippen molar-refractivity contribution in [2.24, 2.45) is 0 Å². The van der Waals surface area contributed by atoms with E-state index < -0.39 is 48.6 Å². The van der Waals surface area contributed by atoms with Crippen molar-refractivity contribution in [3.8, 4) is 17.2 Å². The van der Waals surface area contributed by atoms with Crippen LogP contribution in [0, 0.1) is 0 Å². The Bertz CT molecular complexity index is 1110. The van der Waals surface area contributed by atoms with Crippen molar-refractivity contribution in [3.05, 3.63) is 54.1 Å². The van der Waals surface area contributed by atoms with Crippen LogP contribution >= 0.6 is 0 Å². The van der Waals surface area contributed by atoms with Gasteiger partial charge in [0.15, 0.2) is 17.6 Å². The van der Waals surface area contributed by atoms with Crippen LogP contribution in [0.2, 0.25) is 0 Å². The number of carboxylic acids is 1. The van der Waals surface area contributed by atoms with Crippen molar-refractivity contribution < 1.29 is 64.7 Å². The number of rotatable bonds is 17. The predicted molar refractivity (Wildman–Crippen MR) is 136 cm³/mol. The van der Waals surface area contributed by atoms with Crippen molar-refractivity contribution in [1.82, 2.24) is 4.90 Å². The topological polar surface area (TPSA) is 104 Å². The number of hydrogen-bond donors (Lipinski definition) is 1. The van der Waals surface area contributed by atoms with Crippen molar-refractivity contribution in [1.29, 1.82) is 0 Å². The van der Waals surface area contributed by atoms with E-state index in [1.165, 1.54) is 12.1 Å². The van der Waals surface area contributed by atoms with Gasteiger partial charge in [-0.2, -0.15) is 13.2 Å². The fourth-order valence-electron chi connectivity index (χ4n) is 3.48. The Morgan fingerprint density at radius 2 is 1.55 bits per heavy atom. The van der Waals surface area contributed by atoms with Gasteiger partial charge < -0.3 is 33.7 Å². The molecule has 0 aromatic heterocycles. The summed E-state index contributed by atoms with van der Waals surface area (Å²) in [6, 6.07) is 11.1. The van der Waals surface area contributed by atoms with Crippen LogP contribution in [0.5, 0.6) is 17.2 Å². The second-order valence-electron chi connectivity index (χ2n) is 8.66. The van der Waals surface area contributed by atoms with E-state index in [2.05, 4.69) is 4.74 Å². The number of carbonyl (C=O) groups is 2. The highest BCUT2D eigenvalue weighted by molar-refractivity contribution is 5.73. The van der Waals surface area contributed by atoms with E-state index in [-0.39, 0.29) is 52.4 Å². The van der Waals surface area contributed by atoms with Crippen LogP contribution in [0.25, 0.3) is 0 Å². The molecule has 0 spiro atoms. The van der Waals surface area contributed by atoms with E-state index in [1.807, 2.05) is 0 Å². The number of ether oxygens (including phenoxy) is 5. The third kappa shape index (κ3) is 13.8. The summed E-state index contributed by atoms with van der Waals surface area (Å²) in [5.74, 6) is -1.96. The molecule has 234 valence electrons. The monoisotopic (exact) mass is 611 g/mol. The second-order valence-corrected chi connectivity index (χ2v) is 8.66. The van der Waals surface area contributed by atoms with Crippen molar-refractivity contribution >= 4 is 12.1 Å². The Kier molecular flexibility index (Phi) is 13.7. The number of aliphatic carboxylic acids is 1. The van der Waals surface area contributed by atoms with Gasteiger partial charge >= 0.3 is 24.6 Å². The molecule has 2 aromatic carbocycles. The Labute approximate surface area is 237 Å². The number of benzene rings is 2. The van der Waals surface area contributed by atoms with Gasteiger partial charge in [-0.1, -0.05) is 24.3 Å². The van der Waals surface area contributed by atoms with Gasteiger partial charge in [0.2, 0.25) is 0 Å². The van der Waals surface area contributed by atoms with Crippen LogP contribution in [0.4, 0.5) is 31.1 Å². The quantitative estimate of drug-likeness (QED) is 0.175. The van der Waals surface area contributed by atoms with E-state index >= 15 is 0 Å². The predicted octanol–water partition coefficient (Wildman–Crippen LogP) is 5.86. The highest BCUT2D eigenvalue weighted by atomic mass is 19.4. The molecule has 0 aliphatic carbocycles. The minimum atomic E-state index is -5.03. The minimum Gasteiger partial charge on any atom is -0.492 e. The molecule has 0 radical (unpaired) electrons. The maximum absolute atomic E-state index is 12.8. The number of para-hydroxylation sites is 2. The van der Waals surface area contributed by atoms with Crippen molar-refractivity contribution in [2.75, 3.05) is 39.5 Å². The molecule has 1 unspecified atom stereocenters. The minimum absolute atomic E-state index is 0.0973. The van der Waals surface area contributed by atoms with Gasteiger partial charge in [-0.15, -0.1) is 13.2 Å². The number of nitrogens with zero attached hydrogens (tertiary/aromatic N) is 1. The average molecular weight is 612 g/mol. The van der Waals surface area contributed by atoms with Crippen molar-refractivity contribution in [2.45, 2.75) is 44.8 Å². The van der Waals surface area contributed by atoms with E-state index in [4.69, 9.17) is 18.9 Å². The summed E-state index contributed by atoms with van der Waals surface area (Å²) in [6.07, 6.45) is -12.6. The smallest absolute Gasteiger partial charge is 0.492 e. The molecule has 1 atom stereocenters. The van der Waals surface area contributed by atoms with Gasteiger partial charge in [-0.3, -0.25) is 0 Å². The number of carboxylic acid groups (broad SMARTS) is 1. The van der Waals surface area contributed by atoms with Gasteiger partial charge in [0.1, 0.15) is 12.4 Å². The molecule has 0 aliphatic rings. The van der Waals surface area contributed by atoms with E-state index in [9.17, 15) is 41.0 Å². The Morgan fingerprint density at radius 3 is 2.14 bits per heavy atom. The summed E-state index contributed by atoms with van der Waals surface area (Å²) in [6.45, 7) is 1.13. The SMILES string of the molecule is CCOC(Cc1ccc(OCCN(CCOCCCC(F)(F)F)C(=O)Oc2ccccc2OC(F)(F)F)cc1)C(=O)O. The first kappa shape index (κ1) is 34.5. The highest BCUT2D eigenvalue weighted by Gasteiger charge is 2.33. The standard InChI is InChI=1S/C27H31F6NO8/c1-2-39-23(24(35)36)18-19-8-10-20(11-9-19)40-17-14-34(13-16-38-15-5-12-26(28,29)30)25(37)41-21-6-3-4-7-22(21)42-27(31,32)33/h3-4,6-11,23H,2,5,12-18H2,1H3,(H,35,36). The molecule has 15 heteroatoms. The van der Waals surface area contributed by atoms with Crippen LogP contribution in [0.3, 0.4) is 0 Å². The third-order valence-electron chi connectivity index (χ3n) is 5.40. The summed E-state index contributed by atoms with van der Waals surface area (Å²) in [5, 5.41) is 9.22. The van der Waals surface area contributed by atoms with Gasteiger partial charge in [0.25, 0.3) is 0 Å². The molecule has 0 bridgehead atoms. The van der Waals surface area contributed by atoms with Crippen LogP contribution in [0.15, 0.2) is 48.5 Å². The number of hydrogen-bond acceptors (Lipinski definition) is 7. The Balaban J connectivity index is 2.00. The average Bonchev–Trinajstić information content (AvgIpc) is 2.89. The molecule has 2 aromatic rings. The van der Waals surface area contributed by atoms with E-state index in [0.29, 0.717) is 11.3 Å². The lowest BCUT2D eigenvalue weighted by Gasteiger charge is -2.23. The lowest BCUT2D eigenvalue weighted by molar-refractivity contribution is -0.275. The molecule has 0 aliphatic heterocycles. The van der Waals surface area contributed by atoms with Gasteiger partial charge in [0, 0.05) is 32.6 Å². The number of halogens is 6. The van der Waals surface area contributed by atoms with Gasteiger partial charge in [0.05, 0.1) is 13.2 Å². The molecule has 0 fully saturated rings. The molecule has 1 N–H and O–H groups in total. The van der Waals surface area contributed by atoms with Gasteiger partial charge in [-0.25, -0.2) is 9.59 Å². The second kappa shape index (κ2) is 16.7. The molecule has 0 saturated carbocycles. The summed E-state index contributed by atoms with van der Waals surface area (Å²) in [5.41, 5.74) is 0.677. The first-order valence-corrected chi connectivity index (χ1v) is 12.8. The molecule has 0 saturated heterocycles. The zero-order valence-corrected chi connectivity index (χ0v) is 22.6. The molecule has 9 nitrogen and oxygen atoms in total. The number of alkyl halides is 6. The van der Waals surface area contributed by atoms with E-state index in [0.717, 1.165) is 17.0 Å². The number of carbonyl (C=O) groups excluding carboxylic acids is 1. The van der Waals surface area contributed by atoms with Crippen molar-refractivity contribution in [3.63, 3.8) is 0 Å². The molecular weight excluding hydrogens is 580 g/mol. The summed E-state index contributed by atoms with van der Waals surface area (Å²) >= 11 is 0. The maximum atomic E-state index is 12.8. The molecule has 42 heavy (non-hydrogen) atoms. The Morgan fingerprint density at radius 1 is 0.905 bits per heavy atom. The zero-order valence-electron chi connectivity index (χ0n) is 22.6. The fourth-order valence-corrected chi connectivity index (χ4v) is 3.48. The first-order valence-electron chi connectivity index (χ1n) is 12.8. The van der Waals surface area contributed by atoms with Crippen LogP contribution in [-0.2, 0) is 20.7 Å². The summed E-state index contributed by atoms with van der Waals surface area (Å²) < 4.78 is 100. The first-order chi connectivity index (χ1) is 19.8. The molecule has 0 heterocycles. The number of amides is 1. The van der Waals surface area contributed by atoms with E-state index in [1.54, 1.807) is 31.2 Å². The summed E-state index contributed by atoms with van der Waals surface area (Å²) in [4.78, 5) is 25.2. The lowest BCUT2D eigenvalue weighted by Crippen LogP contribution is -2.39. The normalized spacial score (nSPS) is 12.5. The highest BCUT2D eigenvalue weighted by Crippen LogP contribution is 2.32. The zero-order chi connectivity index (χ0) is 31.2. The van der Waals surface area contributed by atoms with Crippen LogP contribution in [-0.4, -0.2) is 80.2 Å². The van der Waals surface area contributed by atoms with Crippen LogP contribution in [0.1, 0.15) is 25.3 Å². The molecule has 1 amide bonds. The Hall–Kier alpha value is -3.72. The lowest BCUT2D eigenvalue weighted by atomic mass is 10.1.